The molecule has 0 saturated carbocycles. The van der Waals surface area contributed by atoms with Gasteiger partial charge in [0.05, 0.1) is 18.6 Å². The molecular formula is C23H29NO7S. The van der Waals surface area contributed by atoms with Crippen LogP contribution in [0.5, 0.6) is 5.75 Å². The third-order valence-corrected chi connectivity index (χ3v) is 7.57. The Bertz CT molecular complexity index is 984. The largest absolute Gasteiger partial charge is 0.497 e. The van der Waals surface area contributed by atoms with Gasteiger partial charge >= 0.3 is 5.97 Å². The van der Waals surface area contributed by atoms with Crippen molar-refractivity contribution in [1.29, 1.82) is 0 Å². The second-order valence-electron chi connectivity index (χ2n) is 7.59. The number of methoxy groups -OCH3 is 2. The Labute approximate surface area is 188 Å². The molecule has 0 aliphatic carbocycles. The Hall–Kier alpha value is -2.46. The summed E-state index contributed by atoms with van der Waals surface area (Å²) in [6, 6.07) is 12.7. The van der Waals surface area contributed by atoms with Crippen molar-refractivity contribution in [3.63, 3.8) is 0 Å². The van der Waals surface area contributed by atoms with E-state index in [-0.39, 0.29) is 24.0 Å². The zero-order valence-corrected chi connectivity index (χ0v) is 19.1. The summed E-state index contributed by atoms with van der Waals surface area (Å²) in [5.41, 5.74) is 1.76. The molecule has 174 valence electrons. The molecule has 1 unspecified atom stereocenters. The second kappa shape index (κ2) is 10.9. The molecule has 9 heteroatoms. The number of ether oxygens (including phenoxy) is 3. The van der Waals surface area contributed by atoms with E-state index < -0.39 is 22.0 Å². The molecule has 0 amide bonds. The maximum absolute atomic E-state index is 13.5. The first-order chi connectivity index (χ1) is 15.4. The van der Waals surface area contributed by atoms with Crippen LogP contribution in [-0.4, -0.2) is 70.4 Å². The highest BCUT2D eigenvalue weighted by molar-refractivity contribution is 7.89. The highest BCUT2D eigenvalue weighted by atomic mass is 32.2. The van der Waals surface area contributed by atoms with E-state index in [0.717, 1.165) is 21.2 Å². The van der Waals surface area contributed by atoms with E-state index in [9.17, 15) is 18.3 Å². The van der Waals surface area contributed by atoms with Gasteiger partial charge in [0.2, 0.25) is 10.0 Å². The Balaban J connectivity index is 1.91. The summed E-state index contributed by atoms with van der Waals surface area (Å²) < 4.78 is 43.7. The minimum Gasteiger partial charge on any atom is -0.497 e. The summed E-state index contributed by atoms with van der Waals surface area (Å²) in [6.07, 6.45) is 0.985. The SMILES string of the molecule is COCCN(C(C(=O)O)C1CCOCC1)S(=O)(=O)c1ccc(-c2ccc(OC)cc2)cc1. The van der Waals surface area contributed by atoms with Crippen molar-refractivity contribution in [3.05, 3.63) is 48.5 Å². The number of hydrogen-bond acceptors (Lipinski definition) is 6. The molecule has 2 aromatic carbocycles. The summed E-state index contributed by atoms with van der Waals surface area (Å²) in [5, 5.41) is 9.94. The smallest absolute Gasteiger partial charge is 0.322 e. The molecule has 1 saturated heterocycles. The lowest BCUT2D eigenvalue weighted by atomic mass is 9.92. The summed E-state index contributed by atoms with van der Waals surface area (Å²) >= 11 is 0. The number of benzene rings is 2. The van der Waals surface area contributed by atoms with Crippen LogP contribution in [0.3, 0.4) is 0 Å². The van der Waals surface area contributed by atoms with E-state index >= 15 is 0 Å². The van der Waals surface area contributed by atoms with Crippen LogP contribution < -0.4 is 4.74 Å². The van der Waals surface area contributed by atoms with Crippen LogP contribution in [0.4, 0.5) is 0 Å². The van der Waals surface area contributed by atoms with Gasteiger partial charge in [-0.1, -0.05) is 24.3 Å². The lowest BCUT2D eigenvalue weighted by Crippen LogP contribution is -2.51. The number of carbonyl (C=O) groups is 1. The standard InChI is InChI=1S/C23H29NO7S/c1-29-16-13-24(22(23(25)26)19-11-14-31-15-12-19)32(27,28)21-9-5-18(6-10-21)17-3-7-20(30-2)8-4-17/h3-10,19,22H,11-16H2,1-2H3,(H,25,26). The molecule has 0 bridgehead atoms. The second-order valence-corrected chi connectivity index (χ2v) is 9.48. The molecule has 0 radical (unpaired) electrons. The van der Waals surface area contributed by atoms with E-state index in [1.165, 1.54) is 19.2 Å². The van der Waals surface area contributed by atoms with Crippen LogP contribution in [-0.2, 0) is 24.3 Å². The first kappa shape index (κ1) is 24.2. The third kappa shape index (κ3) is 5.47. The highest BCUT2D eigenvalue weighted by Gasteiger charge is 2.41. The van der Waals surface area contributed by atoms with Gasteiger partial charge in [0.1, 0.15) is 11.8 Å². The van der Waals surface area contributed by atoms with Crippen LogP contribution in [0.2, 0.25) is 0 Å². The number of rotatable bonds is 10. The molecular weight excluding hydrogens is 434 g/mol. The number of aliphatic carboxylic acids is 1. The number of carboxylic acid groups (broad SMARTS) is 1. The topological polar surface area (TPSA) is 102 Å². The summed E-state index contributed by atoms with van der Waals surface area (Å²) in [4.78, 5) is 12.2. The number of sulfonamides is 1. The average molecular weight is 464 g/mol. The van der Waals surface area contributed by atoms with Gasteiger partial charge in [0, 0.05) is 26.9 Å². The highest BCUT2D eigenvalue weighted by Crippen LogP contribution is 2.29. The maximum Gasteiger partial charge on any atom is 0.322 e. The molecule has 1 fully saturated rings. The molecule has 1 aliphatic rings. The molecule has 3 rings (SSSR count). The minimum absolute atomic E-state index is 0.0455. The van der Waals surface area contributed by atoms with E-state index in [1.807, 2.05) is 24.3 Å². The van der Waals surface area contributed by atoms with Crippen LogP contribution in [0.1, 0.15) is 12.8 Å². The fourth-order valence-corrected chi connectivity index (χ4v) is 5.55. The normalized spacial score (nSPS) is 16.1. The fraction of sp³-hybridized carbons (Fsp3) is 0.435. The quantitative estimate of drug-likeness (QED) is 0.578. The average Bonchev–Trinajstić information content (AvgIpc) is 2.82. The van der Waals surface area contributed by atoms with E-state index in [4.69, 9.17) is 14.2 Å². The molecule has 8 nitrogen and oxygen atoms in total. The van der Waals surface area contributed by atoms with Crippen LogP contribution in [0.25, 0.3) is 11.1 Å². The van der Waals surface area contributed by atoms with Crippen molar-refractivity contribution in [2.75, 3.05) is 40.6 Å². The lowest BCUT2D eigenvalue weighted by Gasteiger charge is -2.35. The van der Waals surface area contributed by atoms with Gasteiger partial charge in [-0.05, 0) is 54.2 Å². The van der Waals surface area contributed by atoms with E-state index in [0.29, 0.717) is 26.1 Å². The van der Waals surface area contributed by atoms with Crippen molar-refractivity contribution in [3.8, 4) is 16.9 Å². The molecule has 1 aliphatic heterocycles. The molecule has 0 aromatic heterocycles. The van der Waals surface area contributed by atoms with Gasteiger partial charge in [-0.2, -0.15) is 4.31 Å². The van der Waals surface area contributed by atoms with Gasteiger partial charge in [-0.15, -0.1) is 0 Å². The molecule has 32 heavy (non-hydrogen) atoms. The predicted molar refractivity (Wildman–Crippen MR) is 119 cm³/mol. The molecule has 1 atom stereocenters. The summed E-state index contributed by atoms with van der Waals surface area (Å²) in [7, 11) is -1.02. The van der Waals surface area contributed by atoms with Gasteiger partial charge in [0.25, 0.3) is 0 Å². The number of carboxylic acids is 1. The lowest BCUT2D eigenvalue weighted by molar-refractivity contribution is -0.144. The monoisotopic (exact) mass is 463 g/mol. The zero-order valence-electron chi connectivity index (χ0n) is 18.3. The number of hydrogen-bond donors (Lipinski definition) is 1. The van der Waals surface area contributed by atoms with E-state index in [1.54, 1.807) is 19.2 Å². The van der Waals surface area contributed by atoms with E-state index in [2.05, 4.69) is 0 Å². The van der Waals surface area contributed by atoms with Crippen molar-refractivity contribution >= 4 is 16.0 Å². The van der Waals surface area contributed by atoms with Gasteiger partial charge < -0.3 is 19.3 Å². The maximum atomic E-state index is 13.5. The van der Waals surface area contributed by atoms with Crippen molar-refractivity contribution in [2.45, 2.75) is 23.8 Å². The Kier molecular flexibility index (Phi) is 8.25. The van der Waals surface area contributed by atoms with Gasteiger partial charge in [-0.3, -0.25) is 4.79 Å². The van der Waals surface area contributed by atoms with Crippen LogP contribution in [0, 0.1) is 5.92 Å². The molecule has 1 heterocycles. The van der Waals surface area contributed by atoms with Crippen molar-refractivity contribution < 1.29 is 32.5 Å². The van der Waals surface area contributed by atoms with Gasteiger partial charge in [-0.25, -0.2) is 8.42 Å². The Morgan fingerprint density at radius 3 is 2.12 bits per heavy atom. The van der Waals surface area contributed by atoms with Gasteiger partial charge in [0.15, 0.2) is 0 Å². The van der Waals surface area contributed by atoms with Crippen LogP contribution >= 0.6 is 0 Å². The minimum atomic E-state index is -4.06. The first-order valence-corrected chi connectivity index (χ1v) is 11.9. The van der Waals surface area contributed by atoms with Crippen LogP contribution in [0.15, 0.2) is 53.4 Å². The van der Waals surface area contributed by atoms with Crippen molar-refractivity contribution in [1.82, 2.24) is 4.31 Å². The molecule has 1 N–H and O–H groups in total. The summed E-state index contributed by atoms with van der Waals surface area (Å²) in [6.45, 7) is 0.885. The fourth-order valence-electron chi connectivity index (χ4n) is 3.92. The first-order valence-electron chi connectivity index (χ1n) is 10.4. The summed E-state index contributed by atoms with van der Waals surface area (Å²) in [5.74, 6) is -0.757. The zero-order chi connectivity index (χ0) is 23.1. The third-order valence-electron chi connectivity index (χ3n) is 5.68. The molecule has 2 aromatic rings. The Morgan fingerprint density at radius 2 is 1.62 bits per heavy atom. The Morgan fingerprint density at radius 1 is 1.06 bits per heavy atom. The predicted octanol–water partition coefficient (Wildman–Crippen LogP) is 2.88. The van der Waals surface area contributed by atoms with Crippen molar-refractivity contribution in [2.24, 2.45) is 5.92 Å². The number of nitrogens with zero attached hydrogens (tertiary/aromatic N) is 1. The molecule has 0 spiro atoms.